The third kappa shape index (κ3) is 4.54. The van der Waals surface area contributed by atoms with Crippen LogP contribution in [0.25, 0.3) is 77.8 Å². The number of pyridine rings is 1. The number of benzene rings is 6. The van der Waals surface area contributed by atoms with Gasteiger partial charge in [-0.1, -0.05) is 123 Å². The van der Waals surface area contributed by atoms with E-state index in [4.69, 9.17) is 9.97 Å². The van der Waals surface area contributed by atoms with Gasteiger partial charge in [-0.05, 0) is 80.2 Å². The van der Waals surface area contributed by atoms with Crippen molar-refractivity contribution in [2.75, 3.05) is 0 Å². The SMILES string of the molecule is CC1(C)c2ccccc2-c2cc3ccc4ccc(-c5cc(-c6ccc(-c7ccccn7)cc6)nc(-c6ccccc6)n5)cc4c3cc21. The quantitative estimate of drug-likeness (QED) is 0.188. The smallest absolute Gasteiger partial charge is 0.160 e. The second-order valence-corrected chi connectivity index (χ2v) is 12.9. The lowest BCUT2D eigenvalue weighted by molar-refractivity contribution is 0.661. The molecule has 0 saturated heterocycles. The van der Waals surface area contributed by atoms with Crippen LogP contribution in [0.1, 0.15) is 25.0 Å². The number of fused-ring (bicyclic) bond motifs is 6. The van der Waals surface area contributed by atoms with Crippen LogP contribution in [0.4, 0.5) is 0 Å². The lowest BCUT2D eigenvalue weighted by Gasteiger charge is -2.22. The predicted molar refractivity (Wildman–Crippen MR) is 194 cm³/mol. The maximum absolute atomic E-state index is 5.14. The summed E-state index contributed by atoms with van der Waals surface area (Å²) in [5.41, 5.74) is 12.3. The molecule has 0 atom stereocenters. The Morgan fingerprint density at radius 3 is 1.85 bits per heavy atom. The van der Waals surface area contributed by atoms with Crippen LogP contribution in [0.3, 0.4) is 0 Å². The molecule has 9 rings (SSSR count). The fourth-order valence-electron chi connectivity index (χ4n) is 7.21. The molecular weight excluding hydrogens is 571 g/mol. The molecule has 1 aliphatic rings. The Hall–Kier alpha value is -5.93. The molecule has 0 aliphatic heterocycles. The van der Waals surface area contributed by atoms with Crippen molar-refractivity contribution in [1.82, 2.24) is 15.0 Å². The first-order valence-corrected chi connectivity index (χ1v) is 16.1. The molecule has 222 valence electrons. The molecule has 3 heteroatoms. The number of nitrogens with zero attached hydrogens (tertiary/aromatic N) is 3. The van der Waals surface area contributed by atoms with Crippen molar-refractivity contribution < 1.29 is 0 Å². The molecule has 0 spiro atoms. The topological polar surface area (TPSA) is 38.7 Å². The summed E-state index contributed by atoms with van der Waals surface area (Å²) in [5, 5.41) is 4.97. The maximum atomic E-state index is 5.14. The first kappa shape index (κ1) is 27.4. The van der Waals surface area contributed by atoms with Crippen molar-refractivity contribution in [2.45, 2.75) is 19.3 Å². The third-order valence-electron chi connectivity index (χ3n) is 9.73. The van der Waals surface area contributed by atoms with Gasteiger partial charge in [0, 0.05) is 33.9 Å². The maximum Gasteiger partial charge on any atom is 0.160 e. The van der Waals surface area contributed by atoms with Gasteiger partial charge >= 0.3 is 0 Å². The number of hydrogen-bond donors (Lipinski definition) is 0. The Morgan fingerprint density at radius 2 is 1.06 bits per heavy atom. The number of aromatic nitrogens is 3. The van der Waals surface area contributed by atoms with Gasteiger partial charge in [-0.2, -0.15) is 0 Å². The highest BCUT2D eigenvalue weighted by atomic mass is 14.9. The minimum Gasteiger partial charge on any atom is -0.256 e. The second kappa shape index (κ2) is 10.6. The molecule has 47 heavy (non-hydrogen) atoms. The van der Waals surface area contributed by atoms with E-state index in [9.17, 15) is 0 Å². The van der Waals surface area contributed by atoms with E-state index in [0.29, 0.717) is 5.82 Å². The van der Waals surface area contributed by atoms with Crippen LogP contribution in [-0.4, -0.2) is 15.0 Å². The van der Waals surface area contributed by atoms with E-state index < -0.39 is 0 Å². The van der Waals surface area contributed by atoms with E-state index in [0.717, 1.165) is 39.3 Å². The van der Waals surface area contributed by atoms with Gasteiger partial charge in [-0.3, -0.25) is 4.98 Å². The molecule has 0 N–H and O–H groups in total. The standard InChI is InChI=1S/C44H31N3/c1-44(2)38-13-7-6-12-34(38)37-24-32-21-15-28-16-22-33(25-35(28)36(32)26-39(37)44)42-27-41(46-43(47-42)31-10-4-3-5-11-31)30-19-17-29(18-20-30)40-14-8-9-23-45-40/h3-27H,1-2H3. The Labute approximate surface area is 274 Å². The van der Waals surface area contributed by atoms with Crippen LogP contribution >= 0.6 is 0 Å². The molecule has 0 saturated carbocycles. The molecular formula is C44H31N3. The van der Waals surface area contributed by atoms with Crippen molar-refractivity contribution in [2.24, 2.45) is 0 Å². The second-order valence-electron chi connectivity index (χ2n) is 12.9. The van der Waals surface area contributed by atoms with Gasteiger partial charge in [-0.15, -0.1) is 0 Å². The van der Waals surface area contributed by atoms with E-state index in [1.807, 2.05) is 42.6 Å². The summed E-state index contributed by atoms with van der Waals surface area (Å²) in [5.74, 6) is 0.710. The molecule has 0 radical (unpaired) electrons. The summed E-state index contributed by atoms with van der Waals surface area (Å²) >= 11 is 0. The fraction of sp³-hybridized carbons (Fsp3) is 0.0682. The van der Waals surface area contributed by atoms with Gasteiger partial charge in [0.15, 0.2) is 5.82 Å². The average Bonchev–Trinajstić information content (AvgIpc) is 3.36. The Kier molecular flexibility index (Phi) is 6.16. The largest absolute Gasteiger partial charge is 0.256 e. The van der Waals surface area contributed by atoms with Crippen LogP contribution in [0, 0.1) is 0 Å². The van der Waals surface area contributed by atoms with E-state index in [-0.39, 0.29) is 5.41 Å². The summed E-state index contributed by atoms with van der Waals surface area (Å²) in [7, 11) is 0. The molecule has 8 aromatic rings. The first-order chi connectivity index (χ1) is 23.0. The summed E-state index contributed by atoms with van der Waals surface area (Å²) in [6.45, 7) is 4.69. The normalized spacial score (nSPS) is 13.1. The minimum absolute atomic E-state index is 0.0574. The molecule has 2 aromatic heterocycles. The lowest BCUT2D eigenvalue weighted by Crippen LogP contribution is -2.14. The van der Waals surface area contributed by atoms with Crippen LogP contribution < -0.4 is 0 Å². The van der Waals surface area contributed by atoms with E-state index in [1.165, 1.54) is 43.8 Å². The van der Waals surface area contributed by atoms with Gasteiger partial charge in [0.2, 0.25) is 0 Å². The van der Waals surface area contributed by atoms with Crippen molar-refractivity contribution in [1.29, 1.82) is 0 Å². The first-order valence-electron chi connectivity index (χ1n) is 16.1. The van der Waals surface area contributed by atoms with Crippen molar-refractivity contribution in [3.63, 3.8) is 0 Å². The fourth-order valence-corrected chi connectivity index (χ4v) is 7.21. The molecule has 0 fully saturated rings. The van der Waals surface area contributed by atoms with Crippen molar-refractivity contribution in [3.05, 3.63) is 163 Å². The molecule has 2 heterocycles. The zero-order chi connectivity index (χ0) is 31.5. The van der Waals surface area contributed by atoms with E-state index >= 15 is 0 Å². The highest BCUT2D eigenvalue weighted by molar-refractivity contribution is 6.10. The van der Waals surface area contributed by atoms with Gasteiger partial charge in [-0.25, -0.2) is 9.97 Å². The van der Waals surface area contributed by atoms with Crippen LogP contribution in [0.15, 0.2) is 152 Å². The summed E-state index contributed by atoms with van der Waals surface area (Å²) in [6.07, 6.45) is 1.83. The Bertz CT molecular complexity index is 2460. The summed E-state index contributed by atoms with van der Waals surface area (Å²) in [6, 6.07) is 51.7. The lowest BCUT2D eigenvalue weighted by atomic mass is 9.81. The number of rotatable bonds is 4. The summed E-state index contributed by atoms with van der Waals surface area (Å²) < 4.78 is 0. The highest BCUT2D eigenvalue weighted by Crippen LogP contribution is 2.50. The van der Waals surface area contributed by atoms with E-state index in [1.54, 1.807) is 0 Å². The predicted octanol–water partition coefficient (Wildman–Crippen LogP) is 11.2. The van der Waals surface area contributed by atoms with E-state index in [2.05, 4.69) is 128 Å². The monoisotopic (exact) mass is 601 g/mol. The Morgan fingerprint density at radius 1 is 0.426 bits per heavy atom. The molecule has 1 aliphatic carbocycles. The molecule has 0 bridgehead atoms. The highest BCUT2D eigenvalue weighted by Gasteiger charge is 2.35. The van der Waals surface area contributed by atoms with Gasteiger partial charge in [0.05, 0.1) is 17.1 Å². The minimum atomic E-state index is -0.0574. The number of hydrogen-bond acceptors (Lipinski definition) is 3. The molecule has 6 aromatic carbocycles. The summed E-state index contributed by atoms with van der Waals surface area (Å²) in [4.78, 5) is 14.7. The molecule has 0 amide bonds. The van der Waals surface area contributed by atoms with Crippen LogP contribution in [0.5, 0.6) is 0 Å². The molecule has 0 unspecified atom stereocenters. The molecule has 3 nitrogen and oxygen atoms in total. The van der Waals surface area contributed by atoms with Crippen LogP contribution in [-0.2, 0) is 5.41 Å². The van der Waals surface area contributed by atoms with Crippen molar-refractivity contribution in [3.8, 4) is 56.3 Å². The van der Waals surface area contributed by atoms with Crippen molar-refractivity contribution >= 4 is 21.5 Å². The van der Waals surface area contributed by atoms with Gasteiger partial charge < -0.3 is 0 Å². The third-order valence-corrected chi connectivity index (χ3v) is 9.73. The van der Waals surface area contributed by atoms with Gasteiger partial charge in [0.25, 0.3) is 0 Å². The Balaban J connectivity index is 1.20. The zero-order valence-electron chi connectivity index (χ0n) is 26.3. The van der Waals surface area contributed by atoms with Crippen LogP contribution in [0.2, 0.25) is 0 Å². The van der Waals surface area contributed by atoms with Gasteiger partial charge in [0.1, 0.15) is 0 Å². The zero-order valence-corrected chi connectivity index (χ0v) is 26.3. The average molecular weight is 602 g/mol.